The van der Waals surface area contributed by atoms with Crippen molar-refractivity contribution in [1.29, 1.82) is 0 Å². The Morgan fingerprint density at radius 1 is 1.00 bits per heavy atom. The van der Waals surface area contributed by atoms with E-state index in [1.165, 1.54) is 0 Å². The van der Waals surface area contributed by atoms with Gasteiger partial charge in [0.15, 0.2) is 0 Å². The third kappa shape index (κ3) is 5.24. The first-order valence-electron chi connectivity index (χ1n) is 8.45. The average Bonchev–Trinajstić information content (AvgIpc) is 2.71. The summed E-state index contributed by atoms with van der Waals surface area (Å²) in [6.07, 6.45) is 0. The van der Waals surface area contributed by atoms with Gasteiger partial charge in [0.05, 0.1) is 12.8 Å². The van der Waals surface area contributed by atoms with E-state index in [1.807, 2.05) is 12.1 Å². The number of nitrogens with zero attached hydrogens (tertiary/aromatic N) is 2. The maximum Gasteiger partial charge on any atom is 0.243 e. The minimum atomic E-state index is -4.13. The van der Waals surface area contributed by atoms with Crippen LogP contribution in [-0.4, -0.2) is 38.9 Å². The van der Waals surface area contributed by atoms with Crippen LogP contribution in [0.5, 0.6) is 11.6 Å². The zero-order valence-corrected chi connectivity index (χ0v) is 16.1. The molecular formula is C19H17F2N3O4S. The fraction of sp³-hybridized carbons (Fsp3) is 0.158. The van der Waals surface area contributed by atoms with Gasteiger partial charge in [-0.1, -0.05) is 0 Å². The lowest BCUT2D eigenvalue weighted by molar-refractivity contribution is 0.307. The molecule has 7 nitrogen and oxygen atoms in total. The number of sulfonamides is 1. The van der Waals surface area contributed by atoms with Crippen molar-refractivity contribution in [3.63, 3.8) is 0 Å². The molecule has 0 aliphatic carbocycles. The largest absolute Gasteiger partial charge is 0.497 e. The van der Waals surface area contributed by atoms with Crippen LogP contribution in [-0.2, 0) is 10.0 Å². The lowest BCUT2D eigenvalue weighted by Crippen LogP contribution is -2.29. The molecule has 0 fully saturated rings. The SMILES string of the molecule is COc1ccc(-c2ccc(OCCNS(=O)(=O)c3ccc(F)cc3F)nn2)cc1. The van der Waals surface area contributed by atoms with Crippen molar-refractivity contribution in [2.75, 3.05) is 20.3 Å². The third-order valence-electron chi connectivity index (χ3n) is 3.85. The number of halogens is 2. The molecule has 1 heterocycles. The highest BCUT2D eigenvalue weighted by Gasteiger charge is 2.19. The van der Waals surface area contributed by atoms with Gasteiger partial charge < -0.3 is 9.47 Å². The Kier molecular flexibility index (Phi) is 6.35. The fourth-order valence-corrected chi connectivity index (χ4v) is 3.49. The van der Waals surface area contributed by atoms with Crippen LogP contribution >= 0.6 is 0 Å². The number of benzene rings is 2. The highest BCUT2D eigenvalue weighted by Crippen LogP contribution is 2.21. The maximum absolute atomic E-state index is 13.6. The molecule has 0 radical (unpaired) electrons. The normalized spacial score (nSPS) is 11.3. The van der Waals surface area contributed by atoms with Crippen molar-refractivity contribution in [2.45, 2.75) is 4.90 Å². The summed E-state index contributed by atoms with van der Waals surface area (Å²) in [7, 11) is -2.55. The Labute approximate surface area is 166 Å². The predicted molar refractivity (Wildman–Crippen MR) is 101 cm³/mol. The summed E-state index contributed by atoms with van der Waals surface area (Å²) < 4.78 is 63.3. The van der Waals surface area contributed by atoms with E-state index < -0.39 is 26.6 Å². The minimum Gasteiger partial charge on any atom is -0.497 e. The van der Waals surface area contributed by atoms with Crippen LogP contribution in [0.15, 0.2) is 59.5 Å². The van der Waals surface area contributed by atoms with E-state index in [9.17, 15) is 17.2 Å². The van der Waals surface area contributed by atoms with Gasteiger partial charge in [0.2, 0.25) is 15.9 Å². The van der Waals surface area contributed by atoms with Gasteiger partial charge in [-0.3, -0.25) is 0 Å². The molecule has 152 valence electrons. The summed E-state index contributed by atoms with van der Waals surface area (Å²) in [5, 5.41) is 7.99. The van der Waals surface area contributed by atoms with Crippen LogP contribution in [0.25, 0.3) is 11.3 Å². The van der Waals surface area contributed by atoms with E-state index in [0.717, 1.165) is 23.4 Å². The molecule has 1 aromatic heterocycles. The summed E-state index contributed by atoms with van der Waals surface area (Å²) in [6.45, 7) is -0.195. The zero-order valence-electron chi connectivity index (χ0n) is 15.3. The van der Waals surface area contributed by atoms with Crippen LogP contribution in [0.4, 0.5) is 8.78 Å². The molecule has 10 heteroatoms. The summed E-state index contributed by atoms with van der Waals surface area (Å²) in [5.41, 5.74) is 1.48. The third-order valence-corrected chi connectivity index (χ3v) is 5.35. The Morgan fingerprint density at radius 3 is 2.38 bits per heavy atom. The number of nitrogens with one attached hydrogen (secondary N) is 1. The van der Waals surface area contributed by atoms with Crippen LogP contribution < -0.4 is 14.2 Å². The van der Waals surface area contributed by atoms with Crippen molar-refractivity contribution >= 4 is 10.0 Å². The highest BCUT2D eigenvalue weighted by molar-refractivity contribution is 7.89. The molecule has 2 aromatic carbocycles. The minimum absolute atomic E-state index is 0.0569. The summed E-state index contributed by atoms with van der Waals surface area (Å²) in [4.78, 5) is -0.637. The molecule has 0 spiro atoms. The Balaban J connectivity index is 1.54. The van der Waals surface area contributed by atoms with Gasteiger partial charge in [0.1, 0.15) is 28.9 Å². The summed E-state index contributed by atoms with van der Waals surface area (Å²) in [6, 6.07) is 12.8. The number of methoxy groups -OCH3 is 1. The monoisotopic (exact) mass is 421 g/mol. The number of ether oxygens (including phenoxy) is 2. The van der Waals surface area contributed by atoms with Gasteiger partial charge in [-0.2, -0.15) is 0 Å². The first-order valence-corrected chi connectivity index (χ1v) is 9.93. The van der Waals surface area contributed by atoms with E-state index in [-0.39, 0.29) is 19.0 Å². The highest BCUT2D eigenvalue weighted by atomic mass is 32.2. The van der Waals surface area contributed by atoms with Crippen molar-refractivity contribution < 1.29 is 26.7 Å². The second kappa shape index (κ2) is 8.93. The molecule has 1 N–H and O–H groups in total. The lowest BCUT2D eigenvalue weighted by Gasteiger charge is -2.09. The van der Waals surface area contributed by atoms with E-state index in [0.29, 0.717) is 11.8 Å². The summed E-state index contributed by atoms with van der Waals surface area (Å²) in [5.74, 6) is -1.10. The molecule has 0 amide bonds. The zero-order chi connectivity index (χ0) is 20.9. The molecule has 0 saturated heterocycles. The first-order chi connectivity index (χ1) is 13.9. The van der Waals surface area contributed by atoms with Crippen molar-refractivity contribution in [2.24, 2.45) is 0 Å². The molecule has 29 heavy (non-hydrogen) atoms. The predicted octanol–water partition coefficient (Wildman–Crippen LogP) is 2.79. The average molecular weight is 421 g/mol. The number of rotatable bonds is 8. The maximum atomic E-state index is 13.6. The molecule has 0 saturated carbocycles. The van der Waals surface area contributed by atoms with Crippen molar-refractivity contribution in [1.82, 2.24) is 14.9 Å². The molecular weight excluding hydrogens is 404 g/mol. The molecule has 3 rings (SSSR count). The number of aromatic nitrogens is 2. The second-order valence-corrected chi connectivity index (χ2v) is 7.54. The lowest BCUT2D eigenvalue weighted by atomic mass is 10.1. The Hall–Kier alpha value is -3.11. The van der Waals surface area contributed by atoms with E-state index in [1.54, 1.807) is 31.4 Å². The molecule has 3 aromatic rings. The number of hydrogen-bond acceptors (Lipinski definition) is 6. The first kappa shape index (κ1) is 20.6. The van der Waals surface area contributed by atoms with Gasteiger partial charge in [0, 0.05) is 24.2 Å². The molecule has 0 unspecified atom stereocenters. The fourth-order valence-electron chi connectivity index (χ4n) is 2.42. The smallest absolute Gasteiger partial charge is 0.243 e. The van der Waals surface area contributed by atoms with Gasteiger partial charge in [-0.25, -0.2) is 21.9 Å². The summed E-state index contributed by atoms with van der Waals surface area (Å²) >= 11 is 0. The van der Waals surface area contributed by atoms with Gasteiger partial charge in [0.25, 0.3) is 0 Å². The Bertz CT molecular complexity index is 1080. The van der Waals surface area contributed by atoms with Crippen molar-refractivity contribution in [3.05, 3.63) is 66.2 Å². The van der Waals surface area contributed by atoms with E-state index in [2.05, 4.69) is 14.9 Å². The van der Waals surface area contributed by atoms with E-state index in [4.69, 9.17) is 9.47 Å². The second-order valence-electron chi connectivity index (χ2n) is 5.81. The van der Waals surface area contributed by atoms with Crippen LogP contribution in [0.3, 0.4) is 0 Å². The van der Waals surface area contributed by atoms with Crippen LogP contribution in [0, 0.1) is 11.6 Å². The standard InChI is InChI=1S/C19H17F2N3O4S/c1-27-15-5-2-13(3-6-15)17-7-9-19(24-23-17)28-11-10-22-29(25,26)18-8-4-14(20)12-16(18)21/h2-9,12,22H,10-11H2,1H3. The van der Waals surface area contributed by atoms with Crippen LogP contribution in [0.1, 0.15) is 0 Å². The molecule has 0 aliphatic heterocycles. The Morgan fingerprint density at radius 2 is 1.76 bits per heavy atom. The van der Waals surface area contributed by atoms with Crippen LogP contribution in [0.2, 0.25) is 0 Å². The van der Waals surface area contributed by atoms with Crippen molar-refractivity contribution in [3.8, 4) is 22.9 Å². The van der Waals surface area contributed by atoms with Gasteiger partial charge >= 0.3 is 0 Å². The van der Waals surface area contributed by atoms with Gasteiger partial charge in [-0.15, -0.1) is 10.2 Å². The number of hydrogen-bond donors (Lipinski definition) is 1. The van der Waals surface area contributed by atoms with Gasteiger partial charge in [-0.05, 0) is 42.5 Å². The molecule has 0 aliphatic rings. The topological polar surface area (TPSA) is 90.4 Å². The molecule has 0 bridgehead atoms. The quantitative estimate of drug-likeness (QED) is 0.563. The van der Waals surface area contributed by atoms with E-state index >= 15 is 0 Å². The molecule has 0 atom stereocenters.